The molecule has 3 aromatic rings. The van der Waals surface area contributed by atoms with Crippen molar-refractivity contribution in [1.82, 2.24) is 5.01 Å². The fourth-order valence-electron chi connectivity index (χ4n) is 3.64. The topological polar surface area (TPSA) is 106 Å². The van der Waals surface area contributed by atoms with Crippen LogP contribution in [0.2, 0.25) is 0 Å². The van der Waals surface area contributed by atoms with Gasteiger partial charge in [-0.05, 0) is 62.2 Å². The Balaban J connectivity index is 1.86. The maximum atomic E-state index is 12.3. The number of amides is 2. The summed E-state index contributed by atoms with van der Waals surface area (Å²) in [4.78, 5) is 17.4. The van der Waals surface area contributed by atoms with E-state index in [0.717, 1.165) is 49.1 Å². The predicted molar refractivity (Wildman–Crippen MR) is 135 cm³/mol. The minimum Gasteiger partial charge on any atom is -0.489 e. The van der Waals surface area contributed by atoms with Crippen molar-refractivity contribution in [3.63, 3.8) is 0 Å². The first-order valence-corrected chi connectivity index (χ1v) is 10.8. The van der Waals surface area contributed by atoms with Crippen molar-refractivity contribution in [2.45, 2.75) is 27.4 Å². The van der Waals surface area contributed by atoms with Crippen molar-refractivity contribution < 1.29 is 14.4 Å². The smallest absolute Gasteiger partial charge is 0.352 e. The Bertz CT molecular complexity index is 1210. The molecule has 0 aromatic heterocycles. The molecule has 0 saturated heterocycles. The lowest BCUT2D eigenvalue weighted by Gasteiger charge is -2.24. The third-order valence-electron chi connectivity index (χ3n) is 5.45. The molecule has 4 N–H and O–H groups in total. The van der Waals surface area contributed by atoms with Crippen LogP contribution in [0.1, 0.15) is 33.4 Å². The average molecular weight is 462 g/mol. The molecule has 0 heterocycles. The third kappa shape index (κ3) is 5.54. The number of benzene rings is 3. The number of carbonyl (C=O) groups excluding carboxylic acids is 1. The van der Waals surface area contributed by atoms with Gasteiger partial charge in [0.25, 0.3) is 0 Å². The van der Waals surface area contributed by atoms with Gasteiger partial charge in [0.1, 0.15) is 25.2 Å². The second-order valence-electron chi connectivity index (χ2n) is 8.10. The molecule has 2 amide bonds. The van der Waals surface area contributed by atoms with E-state index in [-0.39, 0.29) is 6.61 Å². The first-order chi connectivity index (χ1) is 16.2. The maximum absolute atomic E-state index is 12.3. The van der Waals surface area contributed by atoms with Gasteiger partial charge in [-0.3, -0.25) is 5.01 Å². The number of aryl methyl sites for hydroxylation is 3. The van der Waals surface area contributed by atoms with Gasteiger partial charge in [0.05, 0.1) is 5.69 Å². The van der Waals surface area contributed by atoms with Crippen LogP contribution in [0, 0.1) is 20.8 Å². The van der Waals surface area contributed by atoms with Crippen LogP contribution >= 0.6 is 0 Å². The molecule has 8 heteroatoms. The molecular weight excluding hydrogens is 430 g/mol. The number of anilines is 1. The van der Waals surface area contributed by atoms with Gasteiger partial charge in [-0.25, -0.2) is 21.5 Å². The van der Waals surface area contributed by atoms with E-state index in [2.05, 4.69) is 11.2 Å². The van der Waals surface area contributed by atoms with Gasteiger partial charge in [0, 0.05) is 23.7 Å². The molecule has 0 spiro atoms. The van der Waals surface area contributed by atoms with Gasteiger partial charge in [-0.15, -0.1) is 0 Å². The molecule has 0 bridgehead atoms. The summed E-state index contributed by atoms with van der Waals surface area (Å²) in [5.74, 6) is 12.3. The zero-order chi connectivity index (χ0) is 24.8. The van der Waals surface area contributed by atoms with Gasteiger partial charge in [-0.2, -0.15) is 0 Å². The Morgan fingerprint density at radius 3 is 2.29 bits per heavy atom. The molecule has 3 rings (SSSR count). The third-order valence-corrected chi connectivity index (χ3v) is 5.45. The Labute approximate surface area is 200 Å². The lowest BCUT2D eigenvalue weighted by Crippen LogP contribution is -2.49. The molecule has 34 heavy (non-hydrogen) atoms. The summed E-state index contributed by atoms with van der Waals surface area (Å²) in [6.45, 7) is 6.18. The number of nitrogens with two attached hydrogens (primary N) is 2. The molecule has 3 aromatic carbocycles. The summed E-state index contributed by atoms with van der Waals surface area (Å²) in [5.41, 5.74) is 6.98. The largest absolute Gasteiger partial charge is 0.489 e. The van der Waals surface area contributed by atoms with Gasteiger partial charge in [-0.1, -0.05) is 41.1 Å². The van der Waals surface area contributed by atoms with Crippen molar-refractivity contribution in [1.29, 1.82) is 0 Å². The van der Waals surface area contributed by atoms with Crippen molar-refractivity contribution >= 4 is 17.4 Å². The van der Waals surface area contributed by atoms with Crippen molar-refractivity contribution in [2.75, 3.05) is 19.2 Å². The SMILES string of the molecule is CO/N=C(\c1cccc(C)c1)c1ccc(OCc2c(C)cccc2N(N)C(=O)N(C)N)c(C)c1. The van der Waals surface area contributed by atoms with Crippen LogP contribution in [0.5, 0.6) is 5.75 Å². The summed E-state index contributed by atoms with van der Waals surface area (Å²) >= 11 is 0. The number of hydrazine groups is 2. The highest BCUT2D eigenvalue weighted by molar-refractivity contribution is 6.12. The zero-order valence-corrected chi connectivity index (χ0v) is 20.2. The van der Waals surface area contributed by atoms with Crippen LogP contribution < -0.4 is 21.4 Å². The number of hydrogen-bond acceptors (Lipinski definition) is 6. The number of urea groups is 1. The van der Waals surface area contributed by atoms with E-state index in [9.17, 15) is 4.79 Å². The molecule has 0 atom stereocenters. The minimum absolute atomic E-state index is 0.231. The van der Waals surface area contributed by atoms with Crippen LogP contribution in [0.3, 0.4) is 0 Å². The monoisotopic (exact) mass is 461 g/mol. The predicted octanol–water partition coefficient (Wildman–Crippen LogP) is 4.20. The summed E-state index contributed by atoms with van der Waals surface area (Å²) < 4.78 is 6.14. The van der Waals surface area contributed by atoms with Gasteiger partial charge in [0.2, 0.25) is 0 Å². The van der Waals surface area contributed by atoms with Crippen molar-refractivity contribution in [3.05, 3.63) is 94.0 Å². The second kappa shape index (κ2) is 10.8. The summed E-state index contributed by atoms with van der Waals surface area (Å²) in [6.07, 6.45) is 0. The van der Waals surface area contributed by atoms with Gasteiger partial charge < -0.3 is 9.57 Å². The Hall–Kier alpha value is -3.88. The summed E-state index contributed by atoms with van der Waals surface area (Å²) in [6, 6.07) is 19.0. The van der Waals surface area contributed by atoms with E-state index in [1.165, 1.54) is 14.2 Å². The van der Waals surface area contributed by atoms with E-state index >= 15 is 0 Å². The van der Waals surface area contributed by atoms with Crippen LogP contribution in [0.4, 0.5) is 10.5 Å². The number of rotatable bonds is 7. The highest BCUT2D eigenvalue weighted by Crippen LogP contribution is 2.27. The Kier molecular flexibility index (Phi) is 7.88. The summed E-state index contributed by atoms with van der Waals surface area (Å²) in [7, 11) is 2.98. The molecule has 0 aliphatic rings. The number of nitrogens with zero attached hydrogens (tertiary/aromatic N) is 3. The quantitative estimate of drug-likeness (QED) is 0.237. The molecule has 0 unspecified atom stereocenters. The second-order valence-corrected chi connectivity index (χ2v) is 8.10. The van der Waals surface area contributed by atoms with Crippen molar-refractivity contribution in [3.8, 4) is 5.75 Å². The molecule has 0 radical (unpaired) electrons. The van der Waals surface area contributed by atoms with Crippen LogP contribution in [0.15, 0.2) is 65.8 Å². The molecule has 0 saturated carbocycles. The summed E-state index contributed by atoms with van der Waals surface area (Å²) in [5, 5.41) is 6.21. The van der Waals surface area contributed by atoms with E-state index < -0.39 is 6.03 Å². The molecule has 0 aliphatic carbocycles. The van der Waals surface area contributed by atoms with Gasteiger partial charge >= 0.3 is 6.03 Å². The number of hydrogen-bond donors (Lipinski definition) is 2. The first-order valence-electron chi connectivity index (χ1n) is 10.8. The fourth-order valence-corrected chi connectivity index (χ4v) is 3.64. The maximum Gasteiger partial charge on any atom is 0.352 e. The molecule has 8 nitrogen and oxygen atoms in total. The van der Waals surface area contributed by atoms with E-state index in [4.69, 9.17) is 21.3 Å². The molecular formula is C26H31N5O3. The Morgan fingerprint density at radius 1 is 0.941 bits per heavy atom. The number of carbonyl (C=O) groups is 1. The lowest BCUT2D eigenvalue weighted by atomic mass is 9.99. The number of oxime groups is 1. The number of ether oxygens (including phenoxy) is 1. The lowest BCUT2D eigenvalue weighted by molar-refractivity contribution is 0.214. The zero-order valence-electron chi connectivity index (χ0n) is 20.2. The Morgan fingerprint density at radius 2 is 1.65 bits per heavy atom. The molecule has 0 aliphatic heterocycles. The van der Waals surface area contributed by atoms with Crippen LogP contribution in [-0.4, -0.2) is 30.9 Å². The molecule has 0 fully saturated rings. The van der Waals surface area contributed by atoms with E-state index in [0.29, 0.717) is 11.4 Å². The fraction of sp³-hybridized carbons (Fsp3) is 0.231. The van der Waals surface area contributed by atoms with E-state index in [1.54, 1.807) is 6.07 Å². The normalized spacial score (nSPS) is 11.2. The standard InChI is InChI=1S/C26H31N5O3/c1-17-8-6-10-20(14-17)25(29-33-5)21-12-13-24(19(3)15-21)34-16-22-18(2)9-7-11-23(22)31(28)26(32)30(4)27/h6-15H,16,27-28H2,1-5H3/b29-25+. The molecule has 178 valence electrons. The minimum atomic E-state index is -0.534. The van der Waals surface area contributed by atoms with Crippen LogP contribution in [-0.2, 0) is 11.4 Å². The average Bonchev–Trinajstić information content (AvgIpc) is 2.81. The highest BCUT2D eigenvalue weighted by Gasteiger charge is 2.19. The van der Waals surface area contributed by atoms with Crippen molar-refractivity contribution in [2.24, 2.45) is 16.8 Å². The highest BCUT2D eigenvalue weighted by atomic mass is 16.6. The van der Waals surface area contributed by atoms with E-state index in [1.807, 2.05) is 69.3 Å². The van der Waals surface area contributed by atoms with Crippen LogP contribution in [0.25, 0.3) is 0 Å². The first kappa shape index (κ1) is 24.8. The van der Waals surface area contributed by atoms with Gasteiger partial charge in [0.15, 0.2) is 0 Å².